The van der Waals surface area contributed by atoms with E-state index in [0.717, 1.165) is 5.56 Å². The predicted octanol–water partition coefficient (Wildman–Crippen LogP) is 1.27. The molecule has 2 N–H and O–H groups in total. The maximum absolute atomic E-state index is 12.0. The Balaban J connectivity index is 2.41. The zero-order valence-electron chi connectivity index (χ0n) is 10.8. The molecule has 1 aromatic rings. The van der Waals surface area contributed by atoms with Gasteiger partial charge >= 0.3 is 12.0 Å². The summed E-state index contributed by atoms with van der Waals surface area (Å²) in [5, 5.41) is 5.30. The van der Waals surface area contributed by atoms with Gasteiger partial charge in [0.15, 0.2) is 0 Å². The standard InChI is InChI=1S/C13H15N3O3/c1-3-19-12(17)10-8(2)15-13(18)16-11(10)9-4-6-14-7-5-9/h4-7,11H,3H2,1-2H3,(H2,15,16,18). The number of amides is 2. The van der Waals surface area contributed by atoms with E-state index in [9.17, 15) is 9.59 Å². The van der Waals surface area contributed by atoms with Crippen LogP contribution in [0.15, 0.2) is 35.8 Å². The molecule has 1 atom stereocenters. The number of carbonyl (C=O) groups is 2. The number of hydrogen-bond acceptors (Lipinski definition) is 4. The number of allylic oxidation sites excluding steroid dienone is 1. The minimum Gasteiger partial charge on any atom is -0.463 e. The highest BCUT2D eigenvalue weighted by Gasteiger charge is 2.31. The van der Waals surface area contributed by atoms with Crippen molar-refractivity contribution in [2.45, 2.75) is 19.9 Å². The molecule has 1 aliphatic heterocycles. The van der Waals surface area contributed by atoms with E-state index in [0.29, 0.717) is 11.3 Å². The average Bonchev–Trinajstić information content (AvgIpc) is 2.39. The van der Waals surface area contributed by atoms with Crippen molar-refractivity contribution >= 4 is 12.0 Å². The van der Waals surface area contributed by atoms with Crippen molar-refractivity contribution in [3.8, 4) is 0 Å². The fourth-order valence-electron chi connectivity index (χ4n) is 1.98. The average molecular weight is 261 g/mol. The second kappa shape index (κ2) is 5.51. The van der Waals surface area contributed by atoms with Crippen molar-refractivity contribution in [2.24, 2.45) is 0 Å². The highest BCUT2D eigenvalue weighted by molar-refractivity contribution is 5.94. The number of rotatable bonds is 3. The van der Waals surface area contributed by atoms with E-state index < -0.39 is 12.0 Å². The number of aromatic nitrogens is 1. The summed E-state index contributed by atoms with van der Waals surface area (Å²) in [5.41, 5.74) is 1.70. The first-order chi connectivity index (χ1) is 9.13. The smallest absolute Gasteiger partial charge is 0.338 e. The lowest BCUT2D eigenvalue weighted by Crippen LogP contribution is -2.45. The Bertz CT molecular complexity index is 525. The minimum atomic E-state index is -0.518. The molecule has 6 heteroatoms. The fraction of sp³-hybridized carbons (Fsp3) is 0.308. The van der Waals surface area contributed by atoms with Gasteiger partial charge < -0.3 is 15.4 Å². The molecular weight excluding hydrogens is 246 g/mol. The monoisotopic (exact) mass is 261 g/mol. The number of nitrogens with zero attached hydrogens (tertiary/aromatic N) is 1. The Morgan fingerprint density at radius 3 is 2.74 bits per heavy atom. The lowest BCUT2D eigenvalue weighted by Gasteiger charge is -2.27. The molecule has 2 heterocycles. The number of carbonyl (C=O) groups excluding carboxylic acids is 2. The van der Waals surface area contributed by atoms with Gasteiger partial charge in [0.2, 0.25) is 0 Å². The summed E-state index contributed by atoms with van der Waals surface area (Å²) in [6.45, 7) is 3.70. The summed E-state index contributed by atoms with van der Waals surface area (Å²) in [5.74, 6) is -0.436. The third-order valence-corrected chi connectivity index (χ3v) is 2.80. The largest absolute Gasteiger partial charge is 0.463 e. The fourth-order valence-corrected chi connectivity index (χ4v) is 1.98. The first-order valence-corrected chi connectivity index (χ1v) is 5.98. The van der Waals surface area contributed by atoms with Gasteiger partial charge in [0.25, 0.3) is 0 Å². The van der Waals surface area contributed by atoms with Gasteiger partial charge in [-0.3, -0.25) is 4.98 Å². The minimum absolute atomic E-state index is 0.284. The topological polar surface area (TPSA) is 80.3 Å². The zero-order chi connectivity index (χ0) is 13.8. The molecule has 0 bridgehead atoms. The number of esters is 1. The number of pyridine rings is 1. The molecule has 2 amide bonds. The van der Waals surface area contributed by atoms with Crippen LogP contribution in [0, 0.1) is 0 Å². The van der Waals surface area contributed by atoms with Crippen LogP contribution < -0.4 is 10.6 Å². The first kappa shape index (κ1) is 13.1. The van der Waals surface area contributed by atoms with E-state index in [1.165, 1.54) is 0 Å². The summed E-state index contributed by atoms with van der Waals surface area (Å²) in [6.07, 6.45) is 3.23. The molecule has 100 valence electrons. The number of nitrogens with one attached hydrogen (secondary N) is 2. The van der Waals surface area contributed by atoms with Crippen molar-refractivity contribution < 1.29 is 14.3 Å². The van der Waals surface area contributed by atoms with Gasteiger partial charge in [-0.15, -0.1) is 0 Å². The Morgan fingerprint density at radius 2 is 2.11 bits per heavy atom. The molecule has 6 nitrogen and oxygen atoms in total. The van der Waals surface area contributed by atoms with Gasteiger partial charge in [-0.25, -0.2) is 9.59 Å². The van der Waals surface area contributed by atoms with Gasteiger partial charge in [0, 0.05) is 18.1 Å². The SMILES string of the molecule is CCOC(=O)C1=C(C)NC(=O)NC1c1ccncc1. The second-order valence-corrected chi connectivity index (χ2v) is 4.07. The Kier molecular flexibility index (Phi) is 3.79. The number of urea groups is 1. The molecule has 1 aromatic heterocycles. The van der Waals surface area contributed by atoms with Crippen LogP contribution in [0.25, 0.3) is 0 Å². The molecule has 19 heavy (non-hydrogen) atoms. The third-order valence-electron chi connectivity index (χ3n) is 2.80. The lowest BCUT2D eigenvalue weighted by molar-refractivity contribution is -0.139. The molecule has 0 spiro atoms. The summed E-state index contributed by atoms with van der Waals surface area (Å²) in [4.78, 5) is 27.5. The lowest BCUT2D eigenvalue weighted by atomic mass is 9.96. The Hall–Kier alpha value is -2.37. The highest BCUT2D eigenvalue weighted by Crippen LogP contribution is 2.26. The maximum atomic E-state index is 12.0. The van der Waals surface area contributed by atoms with Gasteiger partial charge in [0.05, 0.1) is 18.2 Å². The van der Waals surface area contributed by atoms with Crippen molar-refractivity contribution in [3.63, 3.8) is 0 Å². The van der Waals surface area contributed by atoms with E-state index in [4.69, 9.17) is 4.74 Å². The van der Waals surface area contributed by atoms with Crippen molar-refractivity contribution in [1.82, 2.24) is 15.6 Å². The van der Waals surface area contributed by atoms with E-state index in [1.807, 2.05) is 0 Å². The summed E-state index contributed by atoms with van der Waals surface area (Å²) in [6, 6.07) is 2.65. The molecular formula is C13H15N3O3. The van der Waals surface area contributed by atoms with E-state index >= 15 is 0 Å². The van der Waals surface area contributed by atoms with Gasteiger partial charge in [0.1, 0.15) is 0 Å². The summed E-state index contributed by atoms with van der Waals surface area (Å²) in [7, 11) is 0. The van der Waals surface area contributed by atoms with Crippen LogP contribution in [-0.2, 0) is 9.53 Å². The van der Waals surface area contributed by atoms with Crippen molar-refractivity contribution in [2.75, 3.05) is 6.61 Å². The molecule has 1 unspecified atom stereocenters. The van der Waals surface area contributed by atoms with Gasteiger partial charge in [-0.1, -0.05) is 0 Å². The number of hydrogen-bond donors (Lipinski definition) is 2. The molecule has 0 fully saturated rings. The molecule has 0 saturated carbocycles. The van der Waals surface area contributed by atoms with Crippen LogP contribution >= 0.6 is 0 Å². The first-order valence-electron chi connectivity index (χ1n) is 5.98. The van der Waals surface area contributed by atoms with Crippen LogP contribution in [0.4, 0.5) is 4.79 Å². The normalized spacial score (nSPS) is 18.6. The summed E-state index contributed by atoms with van der Waals surface area (Å²) < 4.78 is 5.04. The second-order valence-electron chi connectivity index (χ2n) is 4.07. The van der Waals surface area contributed by atoms with Gasteiger partial charge in [-0.2, -0.15) is 0 Å². The number of ether oxygens (including phenoxy) is 1. The molecule has 2 rings (SSSR count). The molecule has 1 aliphatic rings. The highest BCUT2D eigenvalue weighted by atomic mass is 16.5. The molecule has 0 radical (unpaired) electrons. The summed E-state index contributed by atoms with van der Waals surface area (Å²) >= 11 is 0. The van der Waals surface area contributed by atoms with Crippen LogP contribution in [0.3, 0.4) is 0 Å². The maximum Gasteiger partial charge on any atom is 0.338 e. The molecule has 0 saturated heterocycles. The van der Waals surface area contributed by atoms with Crippen LogP contribution in [0.1, 0.15) is 25.5 Å². The zero-order valence-corrected chi connectivity index (χ0v) is 10.8. The third kappa shape index (κ3) is 2.73. The van der Waals surface area contributed by atoms with Gasteiger partial charge in [-0.05, 0) is 31.5 Å². The Labute approximate surface area is 110 Å². The Morgan fingerprint density at radius 1 is 1.42 bits per heavy atom. The quantitative estimate of drug-likeness (QED) is 0.803. The van der Waals surface area contributed by atoms with E-state index in [-0.39, 0.29) is 12.6 Å². The van der Waals surface area contributed by atoms with E-state index in [2.05, 4.69) is 15.6 Å². The van der Waals surface area contributed by atoms with E-state index in [1.54, 1.807) is 38.4 Å². The molecule has 0 aromatic carbocycles. The van der Waals surface area contributed by atoms with Crippen molar-refractivity contribution in [3.05, 3.63) is 41.4 Å². The molecule has 0 aliphatic carbocycles. The van der Waals surface area contributed by atoms with Crippen LogP contribution in [0.5, 0.6) is 0 Å². The predicted molar refractivity (Wildman–Crippen MR) is 68.0 cm³/mol. The van der Waals surface area contributed by atoms with Crippen LogP contribution in [-0.4, -0.2) is 23.6 Å². The van der Waals surface area contributed by atoms with Crippen LogP contribution in [0.2, 0.25) is 0 Å². The van der Waals surface area contributed by atoms with Crippen molar-refractivity contribution in [1.29, 1.82) is 0 Å².